The van der Waals surface area contributed by atoms with Gasteiger partial charge in [-0.25, -0.2) is 0 Å². The smallest absolute Gasteiger partial charge is 0.161 e. The van der Waals surface area contributed by atoms with Gasteiger partial charge in [-0.3, -0.25) is 4.79 Å². The van der Waals surface area contributed by atoms with Crippen molar-refractivity contribution in [3.05, 3.63) is 23.8 Å². The number of carbonyl (C=O) groups excluding carboxylic acids is 1. The Labute approximate surface area is 93.8 Å². The van der Waals surface area contributed by atoms with Gasteiger partial charge in [-0.2, -0.15) is 0 Å². The minimum absolute atomic E-state index is 0.286. The molecule has 1 unspecified atom stereocenters. The van der Waals surface area contributed by atoms with Crippen LogP contribution in [0.1, 0.15) is 16.8 Å². The van der Waals surface area contributed by atoms with E-state index >= 15 is 0 Å². The van der Waals surface area contributed by atoms with Gasteiger partial charge in [0.15, 0.2) is 11.5 Å². The summed E-state index contributed by atoms with van der Waals surface area (Å²) in [6, 6.07) is 4.86. The van der Waals surface area contributed by atoms with Crippen LogP contribution in [-0.4, -0.2) is 31.3 Å². The molecule has 0 heterocycles. The highest BCUT2D eigenvalue weighted by molar-refractivity contribution is 5.76. The molecular formula is C11H15NO4. The topological polar surface area (TPSA) is 81.8 Å². The zero-order valence-corrected chi connectivity index (χ0v) is 9.05. The Morgan fingerprint density at radius 1 is 1.50 bits per heavy atom. The average molecular weight is 225 g/mol. The van der Waals surface area contributed by atoms with Gasteiger partial charge in [-0.15, -0.1) is 0 Å². The second-order valence-electron chi connectivity index (χ2n) is 3.23. The molecule has 0 saturated heterocycles. The van der Waals surface area contributed by atoms with Crippen LogP contribution >= 0.6 is 0 Å². The Kier molecular flexibility index (Phi) is 4.75. The van der Waals surface area contributed by atoms with Gasteiger partial charge in [-0.05, 0) is 18.2 Å². The third-order valence-electron chi connectivity index (χ3n) is 1.99. The summed E-state index contributed by atoms with van der Waals surface area (Å²) in [6.45, 7) is 0.286. The lowest BCUT2D eigenvalue weighted by Crippen LogP contribution is -2.21. The molecule has 0 aliphatic carbocycles. The number of ether oxygens (including phenoxy) is 2. The Hall–Kier alpha value is -1.59. The first-order valence-electron chi connectivity index (χ1n) is 4.87. The average Bonchev–Trinajstić information content (AvgIpc) is 2.29. The Morgan fingerprint density at radius 2 is 2.25 bits per heavy atom. The first-order chi connectivity index (χ1) is 7.67. The van der Waals surface area contributed by atoms with Gasteiger partial charge in [0.05, 0.1) is 13.7 Å². The minimum atomic E-state index is -0.889. The van der Waals surface area contributed by atoms with Crippen LogP contribution in [0.3, 0.4) is 0 Å². The van der Waals surface area contributed by atoms with Gasteiger partial charge < -0.3 is 20.3 Å². The summed E-state index contributed by atoms with van der Waals surface area (Å²) in [5, 5.41) is 8.86. The highest BCUT2D eigenvalue weighted by Crippen LogP contribution is 2.27. The van der Waals surface area contributed by atoms with Crippen molar-refractivity contribution < 1.29 is 19.4 Å². The number of nitrogens with two attached hydrogens (primary N) is 1. The maximum Gasteiger partial charge on any atom is 0.161 e. The first-order valence-corrected chi connectivity index (χ1v) is 4.87. The summed E-state index contributed by atoms with van der Waals surface area (Å²) < 4.78 is 10.4. The van der Waals surface area contributed by atoms with Crippen LogP contribution in [0.25, 0.3) is 0 Å². The summed E-state index contributed by atoms with van der Waals surface area (Å²) in [5.41, 5.74) is 5.69. The fourth-order valence-corrected chi connectivity index (χ4v) is 1.17. The molecule has 0 amide bonds. The molecule has 0 saturated carbocycles. The van der Waals surface area contributed by atoms with Crippen molar-refractivity contribution in [3.8, 4) is 11.5 Å². The Morgan fingerprint density at radius 3 is 2.81 bits per heavy atom. The quantitative estimate of drug-likeness (QED) is 0.546. The van der Waals surface area contributed by atoms with Crippen LogP contribution in [0.5, 0.6) is 11.5 Å². The summed E-state index contributed by atoms with van der Waals surface area (Å²) in [7, 11) is 1.49. The molecule has 3 N–H and O–H groups in total. The number of aliphatic hydroxyl groups excluding tert-OH is 1. The molecule has 0 aliphatic rings. The van der Waals surface area contributed by atoms with Crippen molar-refractivity contribution in [2.45, 2.75) is 12.6 Å². The first kappa shape index (κ1) is 12.5. The third-order valence-corrected chi connectivity index (χ3v) is 1.99. The Bertz CT molecular complexity index is 352. The molecule has 0 radical (unpaired) electrons. The summed E-state index contributed by atoms with van der Waals surface area (Å²) in [4.78, 5) is 10.5. The number of rotatable bonds is 6. The number of aliphatic hydroxyl groups is 1. The molecule has 5 nitrogen and oxygen atoms in total. The second kappa shape index (κ2) is 6.09. The molecule has 1 aromatic rings. The van der Waals surface area contributed by atoms with E-state index in [1.807, 2.05) is 0 Å². The number of aldehydes is 1. The van der Waals surface area contributed by atoms with Gasteiger partial charge in [0.1, 0.15) is 12.5 Å². The van der Waals surface area contributed by atoms with E-state index in [9.17, 15) is 4.79 Å². The molecule has 88 valence electrons. The summed E-state index contributed by atoms with van der Waals surface area (Å²) in [6.07, 6.45) is 0.175. The second-order valence-corrected chi connectivity index (χ2v) is 3.23. The molecule has 0 fully saturated rings. The monoisotopic (exact) mass is 225 g/mol. The summed E-state index contributed by atoms with van der Waals surface area (Å²) >= 11 is 0. The lowest BCUT2D eigenvalue weighted by atomic mass is 10.2. The maximum absolute atomic E-state index is 10.5. The van der Waals surface area contributed by atoms with Crippen LogP contribution in [0, 0.1) is 0 Å². The van der Waals surface area contributed by atoms with Crippen LogP contribution in [0.15, 0.2) is 18.2 Å². The van der Waals surface area contributed by atoms with E-state index in [0.717, 1.165) is 6.29 Å². The zero-order chi connectivity index (χ0) is 12.0. The normalized spacial score (nSPS) is 11.9. The van der Waals surface area contributed by atoms with Crippen molar-refractivity contribution >= 4 is 6.29 Å². The van der Waals surface area contributed by atoms with E-state index in [1.54, 1.807) is 18.2 Å². The van der Waals surface area contributed by atoms with Crippen LogP contribution in [0.2, 0.25) is 0 Å². The van der Waals surface area contributed by atoms with Crippen molar-refractivity contribution in [3.63, 3.8) is 0 Å². The summed E-state index contributed by atoms with van der Waals surface area (Å²) in [5.74, 6) is 1.00. The van der Waals surface area contributed by atoms with E-state index in [4.69, 9.17) is 20.3 Å². The molecule has 0 aliphatic heterocycles. The molecule has 1 aromatic carbocycles. The fraction of sp³-hybridized carbons (Fsp3) is 0.364. The van der Waals surface area contributed by atoms with Crippen molar-refractivity contribution in [2.24, 2.45) is 5.73 Å². The fourth-order valence-electron chi connectivity index (χ4n) is 1.17. The highest BCUT2D eigenvalue weighted by Gasteiger charge is 2.06. The zero-order valence-electron chi connectivity index (χ0n) is 9.05. The van der Waals surface area contributed by atoms with Gasteiger partial charge in [0.25, 0.3) is 0 Å². The number of hydrogen-bond donors (Lipinski definition) is 2. The van der Waals surface area contributed by atoms with Crippen LogP contribution in [0.4, 0.5) is 0 Å². The molecule has 1 rings (SSSR count). The van der Waals surface area contributed by atoms with Crippen LogP contribution < -0.4 is 15.2 Å². The molecule has 5 heteroatoms. The van der Waals surface area contributed by atoms with Crippen molar-refractivity contribution in [1.29, 1.82) is 0 Å². The lowest BCUT2D eigenvalue weighted by molar-refractivity contribution is 0.112. The van der Waals surface area contributed by atoms with E-state index in [2.05, 4.69) is 0 Å². The van der Waals surface area contributed by atoms with Crippen molar-refractivity contribution in [1.82, 2.24) is 0 Å². The predicted molar refractivity (Wildman–Crippen MR) is 58.7 cm³/mol. The van der Waals surface area contributed by atoms with Gasteiger partial charge in [0, 0.05) is 12.0 Å². The highest BCUT2D eigenvalue weighted by atomic mass is 16.5. The molecule has 16 heavy (non-hydrogen) atoms. The van der Waals surface area contributed by atoms with Crippen molar-refractivity contribution in [2.75, 3.05) is 13.7 Å². The molecule has 0 spiro atoms. The number of methoxy groups -OCH3 is 1. The molecular weight excluding hydrogens is 210 g/mol. The number of carbonyl (C=O) groups is 1. The van der Waals surface area contributed by atoms with E-state index in [1.165, 1.54) is 7.11 Å². The molecule has 0 bridgehead atoms. The molecule has 0 aromatic heterocycles. The van der Waals surface area contributed by atoms with Gasteiger partial charge in [0.2, 0.25) is 0 Å². The predicted octanol–water partition coefficient (Wildman–Crippen LogP) is 0.554. The minimum Gasteiger partial charge on any atom is -0.493 e. The number of hydrogen-bond acceptors (Lipinski definition) is 5. The maximum atomic E-state index is 10.5. The van der Waals surface area contributed by atoms with E-state index in [0.29, 0.717) is 23.5 Å². The van der Waals surface area contributed by atoms with Gasteiger partial charge in [-0.1, -0.05) is 0 Å². The van der Waals surface area contributed by atoms with Crippen LogP contribution in [-0.2, 0) is 0 Å². The van der Waals surface area contributed by atoms with Gasteiger partial charge >= 0.3 is 0 Å². The van der Waals surface area contributed by atoms with E-state index in [-0.39, 0.29) is 6.61 Å². The SMILES string of the molecule is COc1cc(C=O)ccc1OCCC(N)O. The van der Waals surface area contributed by atoms with E-state index < -0.39 is 6.23 Å². The lowest BCUT2D eigenvalue weighted by Gasteiger charge is -2.11. The molecule has 1 atom stereocenters. The Balaban J connectivity index is 2.68. The number of benzene rings is 1. The largest absolute Gasteiger partial charge is 0.493 e. The third kappa shape index (κ3) is 3.52. The standard InChI is InChI=1S/C11H15NO4/c1-15-10-6-8(7-13)2-3-9(10)16-5-4-11(12)14/h2-3,6-7,11,14H,4-5,12H2,1H3.